The average molecular weight is 328 g/mol. The first-order chi connectivity index (χ1) is 9.42. The molecule has 0 aliphatic carbocycles. The first-order valence-electron chi connectivity index (χ1n) is 5.72. The van der Waals surface area contributed by atoms with Crippen LogP contribution in [0.3, 0.4) is 0 Å². The van der Waals surface area contributed by atoms with Crippen molar-refractivity contribution in [2.24, 2.45) is 4.40 Å². The lowest BCUT2D eigenvalue weighted by atomic mass is 10.1. The summed E-state index contributed by atoms with van der Waals surface area (Å²) in [4.78, 5) is 0.0912. The van der Waals surface area contributed by atoms with Crippen molar-refractivity contribution in [3.63, 3.8) is 0 Å². The molecule has 0 aliphatic rings. The normalized spacial score (nSPS) is 12.7. The summed E-state index contributed by atoms with van der Waals surface area (Å²) in [6.07, 6.45) is 1.02. The van der Waals surface area contributed by atoms with Gasteiger partial charge in [-0.1, -0.05) is 71.7 Å². The molecule has 0 unspecified atom stereocenters. The van der Waals surface area contributed by atoms with E-state index in [2.05, 4.69) is 4.40 Å². The number of nitrogens with zero attached hydrogens (tertiary/aromatic N) is 1. The Morgan fingerprint density at radius 2 is 1.40 bits per heavy atom. The van der Waals surface area contributed by atoms with Gasteiger partial charge in [-0.25, -0.2) is 0 Å². The van der Waals surface area contributed by atoms with E-state index in [-0.39, 0.29) is 4.90 Å². The topological polar surface area (TPSA) is 46.5 Å². The summed E-state index contributed by atoms with van der Waals surface area (Å²) in [5.74, 6) is 0. The van der Waals surface area contributed by atoms with E-state index in [9.17, 15) is 8.42 Å². The largest absolute Gasteiger partial charge is 0.282 e. The number of sulfonamides is 1. The van der Waals surface area contributed by atoms with Gasteiger partial charge in [0.1, 0.15) is 0 Å². The summed E-state index contributed by atoms with van der Waals surface area (Å²) in [7, 11) is -3.80. The maximum atomic E-state index is 12.0. The Hall–Kier alpha value is -1.36. The van der Waals surface area contributed by atoms with E-state index in [1.54, 1.807) is 42.5 Å². The van der Waals surface area contributed by atoms with Crippen molar-refractivity contribution in [3.8, 4) is 0 Å². The minimum Gasteiger partial charge on any atom is -0.199 e. The SMILES string of the molecule is O=S(=O)(/N=C/C(Cl)(Cl)c1ccccc1)c1ccccc1. The van der Waals surface area contributed by atoms with Gasteiger partial charge in [0.2, 0.25) is 0 Å². The molecule has 3 nitrogen and oxygen atoms in total. The van der Waals surface area contributed by atoms with E-state index >= 15 is 0 Å². The van der Waals surface area contributed by atoms with Crippen molar-refractivity contribution >= 4 is 39.4 Å². The molecule has 0 saturated carbocycles. The summed E-state index contributed by atoms with van der Waals surface area (Å²) >= 11 is 12.2. The Kier molecular flexibility index (Phi) is 4.48. The lowest BCUT2D eigenvalue weighted by Gasteiger charge is -2.14. The summed E-state index contributed by atoms with van der Waals surface area (Å²) in [6, 6.07) is 16.6. The van der Waals surface area contributed by atoms with Crippen LogP contribution in [0, 0.1) is 0 Å². The summed E-state index contributed by atoms with van der Waals surface area (Å²) in [5.41, 5.74) is 0.551. The zero-order chi connectivity index (χ0) is 14.6. The second kappa shape index (κ2) is 5.95. The fourth-order valence-electron chi connectivity index (χ4n) is 1.52. The van der Waals surface area contributed by atoms with E-state index in [1.807, 2.05) is 6.07 Å². The molecule has 20 heavy (non-hydrogen) atoms. The number of hydrogen-bond donors (Lipinski definition) is 0. The molecule has 0 aromatic heterocycles. The van der Waals surface area contributed by atoms with E-state index in [0.29, 0.717) is 5.56 Å². The minimum absolute atomic E-state index is 0.0912. The second-order valence-corrected chi connectivity index (χ2v) is 7.03. The van der Waals surface area contributed by atoms with Gasteiger partial charge in [0.15, 0.2) is 4.33 Å². The molecule has 104 valence electrons. The molecule has 0 heterocycles. The van der Waals surface area contributed by atoms with Gasteiger partial charge in [0.05, 0.1) is 11.1 Å². The maximum Gasteiger partial charge on any atom is 0.282 e. The quantitative estimate of drug-likeness (QED) is 0.633. The van der Waals surface area contributed by atoms with Crippen LogP contribution in [0.2, 0.25) is 0 Å². The summed E-state index contributed by atoms with van der Waals surface area (Å²) < 4.78 is 26.1. The zero-order valence-corrected chi connectivity index (χ0v) is 12.6. The summed E-state index contributed by atoms with van der Waals surface area (Å²) in [6.45, 7) is 0. The van der Waals surface area contributed by atoms with E-state index < -0.39 is 14.4 Å². The van der Waals surface area contributed by atoms with Crippen LogP contribution >= 0.6 is 23.2 Å². The molecule has 0 amide bonds. The molecule has 2 rings (SSSR count). The predicted molar refractivity (Wildman–Crippen MR) is 81.9 cm³/mol. The van der Waals surface area contributed by atoms with Gasteiger partial charge in [0, 0.05) is 0 Å². The molecule has 0 atom stereocenters. The number of rotatable bonds is 4. The van der Waals surface area contributed by atoms with Crippen LogP contribution in [0.4, 0.5) is 0 Å². The van der Waals surface area contributed by atoms with E-state index in [0.717, 1.165) is 6.21 Å². The second-order valence-electron chi connectivity index (χ2n) is 4.01. The molecule has 0 saturated heterocycles. The highest BCUT2D eigenvalue weighted by Gasteiger charge is 2.25. The van der Waals surface area contributed by atoms with Crippen molar-refractivity contribution in [2.75, 3.05) is 0 Å². The fraction of sp³-hybridized carbons (Fsp3) is 0.0714. The molecule has 2 aromatic carbocycles. The van der Waals surface area contributed by atoms with Crippen LogP contribution in [-0.4, -0.2) is 14.6 Å². The third-order valence-corrected chi connectivity index (χ3v) is 4.44. The van der Waals surface area contributed by atoms with Crippen LogP contribution < -0.4 is 0 Å². The third kappa shape index (κ3) is 3.60. The van der Waals surface area contributed by atoms with Crippen LogP contribution in [0.15, 0.2) is 70.0 Å². The van der Waals surface area contributed by atoms with Gasteiger partial charge in [-0.05, 0) is 17.7 Å². The van der Waals surface area contributed by atoms with Gasteiger partial charge in [0.25, 0.3) is 10.0 Å². The molecule has 0 aliphatic heterocycles. The lowest BCUT2D eigenvalue weighted by Crippen LogP contribution is -2.13. The molecular weight excluding hydrogens is 317 g/mol. The average Bonchev–Trinajstić information content (AvgIpc) is 2.47. The van der Waals surface area contributed by atoms with Crippen LogP contribution in [0.5, 0.6) is 0 Å². The minimum atomic E-state index is -3.80. The Bertz CT molecular complexity index is 698. The number of hydrogen-bond acceptors (Lipinski definition) is 2. The molecule has 2 aromatic rings. The molecular formula is C14H11Cl2NO2S. The van der Waals surface area contributed by atoms with Crippen molar-refractivity contribution in [3.05, 3.63) is 66.2 Å². The van der Waals surface area contributed by atoms with Gasteiger partial charge in [-0.2, -0.15) is 12.8 Å². The first kappa shape index (κ1) is 15.0. The highest BCUT2D eigenvalue weighted by atomic mass is 35.5. The first-order valence-corrected chi connectivity index (χ1v) is 7.91. The molecule has 0 fully saturated rings. The molecule has 6 heteroatoms. The van der Waals surface area contributed by atoms with Gasteiger partial charge >= 0.3 is 0 Å². The van der Waals surface area contributed by atoms with Crippen LogP contribution in [0.25, 0.3) is 0 Å². The van der Waals surface area contributed by atoms with E-state index in [4.69, 9.17) is 23.2 Å². The molecule has 0 radical (unpaired) electrons. The monoisotopic (exact) mass is 327 g/mol. The zero-order valence-electron chi connectivity index (χ0n) is 10.3. The molecule has 0 spiro atoms. The predicted octanol–water partition coefficient (Wildman–Crippen LogP) is 3.78. The summed E-state index contributed by atoms with van der Waals surface area (Å²) in [5, 5.41) is 0. The fourth-order valence-corrected chi connectivity index (χ4v) is 2.91. The lowest BCUT2D eigenvalue weighted by molar-refractivity contribution is 0.598. The Morgan fingerprint density at radius 1 is 0.900 bits per heavy atom. The standard InChI is InChI=1S/C14H11Cl2NO2S/c15-14(16,12-7-3-1-4-8-12)11-17-20(18,19)13-9-5-2-6-10-13/h1-11H/b17-11+. The highest BCUT2D eigenvalue weighted by molar-refractivity contribution is 7.90. The highest BCUT2D eigenvalue weighted by Crippen LogP contribution is 2.32. The third-order valence-electron chi connectivity index (χ3n) is 2.55. The molecule has 0 N–H and O–H groups in total. The van der Waals surface area contributed by atoms with Crippen molar-refractivity contribution in [1.29, 1.82) is 0 Å². The van der Waals surface area contributed by atoms with Crippen LogP contribution in [-0.2, 0) is 14.4 Å². The Labute approximate surface area is 127 Å². The van der Waals surface area contributed by atoms with Crippen molar-refractivity contribution in [2.45, 2.75) is 9.23 Å². The number of alkyl halides is 2. The van der Waals surface area contributed by atoms with E-state index in [1.165, 1.54) is 12.1 Å². The number of benzene rings is 2. The number of halogens is 2. The smallest absolute Gasteiger partial charge is 0.199 e. The Morgan fingerprint density at radius 3 is 1.95 bits per heavy atom. The van der Waals surface area contributed by atoms with Gasteiger partial charge in [-0.3, -0.25) is 0 Å². The Balaban J connectivity index is 2.30. The van der Waals surface area contributed by atoms with Crippen LogP contribution in [0.1, 0.15) is 5.56 Å². The van der Waals surface area contributed by atoms with Gasteiger partial charge < -0.3 is 0 Å². The van der Waals surface area contributed by atoms with Crippen molar-refractivity contribution < 1.29 is 8.42 Å². The van der Waals surface area contributed by atoms with Crippen molar-refractivity contribution in [1.82, 2.24) is 0 Å². The molecule has 0 bridgehead atoms. The van der Waals surface area contributed by atoms with Gasteiger partial charge in [-0.15, -0.1) is 0 Å². The maximum absolute atomic E-state index is 12.0.